The van der Waals surface area contributed by atoms with Gasteiger partial charge < -0.3 is 24.0 Å². The summed E-state index contributed by atoms with van der Waals surface area (Å²) in [5.74, 6) is 4.14. The molecule has 11 nitrogen and oxygen atoms in total. The summed E-state index contributed by atoms with van der Waals surface area (Å²) >= 11 is 0. The van der Waals surface area contributed by atoms with Crippen molar-refractivity contribution in [2.75, 3.05) is 74.2 Å². The van der Waals surface area contributed by atoms with Crippen LogP contribution >= 0.6 is 0 Å². The first-order valence-corrected chi connectivity index (χ1v) is 13.7. The van der Waals surface area contributed by atoms with Gasteiger partial charge in [-0.2, -0.15) is 9.97 Å². The number of rotatable bonds is 6. The third-order valence-corrected chi connectivity index (χ3v) is 7.85. The zero-order valence-corrected chi connectivity index (χ0v) is 23.2. The molecule has 2 fully saturated rings. The van der Waals surface area contributed by atoms with E-state index < -0.39 is 0 Å². The number of imidazole rings is 1. The monoisotopic (exact) mass is 528 g/mol. The van der Waals surface area contributed by atoms with E-state index in [-0.39, 0.29) is 6.04 Å². The Morgan fingerprint density at radius 2 is 1.67 bits per heavy atom. The Bertz CT molecular complexity index is 1450. The van der Waals surface area contributed by atoms with Crippen molar-refractivity contribution in [3.05, 3.63) is 54.2 Å². The molecule has 1 unspecified atom stereocenters. The number of piperazine rings is 2. The third-order valence-electron chi connectivity index (χ3n) is 7.85. The van der Waals surface area contributed by atoms with Crippen LogP contribution in [0.25, 0.3) is 10.9 Å². The molecular weight excluding hydrogens is 492 g/mol. The van der Waals surface area contributed by atoms with E-state index in [9.17, 15) is 0 Å². The van der Waals surface area contributed by atoms with E-state index >= 15 is 0 Å². The highest BCUT2D eigenvalue weighted by atomic mass is 16.5. The van der Waals surface area contributed by atoms with E-state index in [4.69, 9.17) is 14.7 Å². The quantitative estimate of drug-likeness (QED) is 0.372. The van der Waals surface area contributed by atoms with Crippen LogP contribution in [0, 0.1) is 6.92 Å². The van der Waals surface area contributed by atoms with Gasteiger partial charge in [0.25, 0.3) is 0 Å². The minimum Gasteiger partial charge on any atom is -0.481 e. The summed E-state index contributed by atoms with van der Waals surface area (Å²) in [4.78, 5) is 33.4. The Balaban J connectivity index is 1.29. The number of hydrogen-bond donors (Lipinski definition) is 0. The summed E-state index contributed by atoms with van der Waals surface area (Å²) in [6, 6.07) is 8.44. The highest BCUT2D eigenvalue weighted by molar-refractivity contribution is 5.91. The van der Waals surface area contributed by atoms with Gasteiger partial charge >= 0.3 is 0 Å². The second-order valence-corrected chi connectivity index (χ2v) is 10.2. The Morgan fingerprint density at radius 3 is 2.41 bits per heavy atom. The van der Waals surface area contributed by atoms with Crippen LogP contribution in [-0.4, -0.2) is 93.9 Å². The maximum Gasteiger partial charge on any atom is 0.228 e. The molecule has 5 heterocycles. The molecule has 0 radical (unpaired) electrons. The van der Waals surface area contributed by atoms with Gasteiger partial charge in [0.1, 0.15) is 11.6 Å². The highest BCUT2D eigenvalue weighted by Gasteiger charge is 2.32. The average molecular weight is 529 g/mol. The lowest BCUT2D eigenvalue weighted by atomic mass is 10.1. The molecular formula is C28H36N10O. The second kappa shape index (κ2) is 10.6. The molecule has 39 heavy (non-hydrogen) atoms. The van der Waals surface area contributed by atoms with Crippen molar-refractivity contribution in [2.24, 2.45) is 7.05 Å². The maximum absolute atomic E-state index is 5.30. The standard InChI is InChI=1S/C28H36N10O/c1-5-35-12-17-38(19-23(35)26-29-10-11-34(26)3)28-31-22-18-20(2)6-7-21(22)25(33-28)36-13-15-37(16-14-36)27-30-9-8-24(32-27)39-4/h6-11,18,23H,5,12-17,19H2,1-4H3. The van der Waals surface area contributed by atoms with Gasteiger partial charge in [-0.05, 0) is 31.2 Å². The molecule has 2 saturated heterocycles. The number of fused-ring (bicyclic) bond motifs is 1. The maximum atomic E-state index is 5.30. The van der Waals surface area contributed by atoms with Crippen molar-refractivity contribution in [1.29, 1.82) is 0 Å². The summed E-state index contributed by atoms with van der Waals surface area (Å²) in [7, 11) is 3.70. The van der Waals surface area contributed by atoms with Crippen LogP contribution in [0.3, 0.4) is 0 Å². The molecule has 0 spiro atoms. The number of methoxy groups -OCH3 is 1. The third kappa shape index (κ3) is 4.94. The Hall–Kier alpha value is -3.99. The molecule has 2 aliphatic heterocycles. The molecule has 6 rings (SSSR count). The highest BCUT2D eigenvalue weighted by Crippen LogP contribution is 2.31. The van der Waals surface area contributed by atoms with Gasteiger partial charge in [0.05, 0.1) is 18.7 Å². The van der Waals surface area contributed by atoms with Gasteiger partial charge in [-0.25, -0.2) is 15.0 Å². The van der Waals surface area contributed by atoms with Gasteiger partial charge in [0, 0.05) is 82.9 Å². The molecule has 0 aliphatic carbocycles. The summed E-state index contributed by atoms with van der Waals surface area (Å²) in [5, 5.41) is 1.09. The fourth-order valence-corrected chi connectivity index (χ4v) is 5.63. The first-order valence-electron chi connectivity index (χ1n) is 13.7. The molecule has 204 valence electrons. The number of anilines is 3. The molecule has 1 aromatic carbocycles. The number of ether oxygens (including phenoxy) is 1. The lowest BCUT2D eigenvalue weighted by molar-refractivity contribution is 0.176. The topological polar surface area (TPSA) is 91.6 Å². The summed E-state index contributed by atoms with van der Waals surface area (Å²) in [5.41, 5.74) is 2.18. The number of aromatic nitrogens is 6. The van der Waals surface area contributed by atoms with Crippen molar-refractivity contribution in [3.8, 4) is 5.88 Å². The van der Waals surface area contributed by atoms with E-state index in [1.807, 2.05) is 12.4 Å². The fourth-order valence-electron chi connectivity index (χ4n) is 5.63. The molecule has 0 saturated carbocycles. The predicted molar refractivity (Wildman–Crippen MR) is 153 cm³/mol. The Morgan fingerprint density at radius 1 is 0.872 bits per heavy atom. The molecule has 11 heteroatoms. The van der Waals surface area contributed by atoms with Crippen LogP contribution in [0.4, 0.5) is 17.7 Å². The number of likely N-dealkylation sites (N-methyl/N-ethyl adjacent to an activating group) is 1. The lowest BCUT2D eigenvalue weighted by Crippen LogP contribution is -2.50. The molecule has 2 aliphatic rings. The van der Waals surface area contributed by atoms with Gasteiger partial charge in [0.15, 0.2) is 0 Å². The first kappa shape index (κ1) is 25.3. The van der Waals surface area contributed by atoms with Crippen LogP contribution < -0.4 is 19.4 Å². The van der Waals surface area contributed by atoms with E-state index in [1.165, 1.54) is 5.56 Å². The number of nitrogens with zero attached hydrogens (tertiary/aromatic N) is 10. The summed E-state index contributed by atoms with van der Waals surface area (Å²) in [6.07, 6.45) is 5.65. The zero-order valence-electron chi connectivity index (χ0n) is 23.2. The summed E-state index contributed by atoms with van der Waals surface area (Å²) in [6.45, 7) is 11.2. The van der Waals surface area contributed by atoms with Gasteiger partial charge in [-0.3, -0.25) is 4.90 Å². The van der Waals surface area contributed by atoms with E-state index in [0.717, 1.165) is 80.9 Å². The minimum absolute atomic E-state index is 0.190. The molecule has 0 amide bonds. The second-order valence-electron chi connectivity index (χ2n) is 10.2. The van der Waals surface area contributed by atoms with Crippen molar-refractivity contribution in [3.63, 3.8) is 0 Å². The van der Waals surface area contributed by atoms with E-state index in [1.54, 1.807) is 19.4 Å². The largest absolute Gasteiger partial charge is 0.481 e. The van der Waals surface area contributed by atoms with Crippen molar-refractivity contribution >= 4 is 28.6 Å². The minimum atomic E-state index is 0.190. The lowest BCUT2D eigenvalue weighted by Gasteiger charge is -2.41. The average Bonchev–Trinajstić information content (AvgIpc) is 3.41. The van der Waals surface area contributed by atoms with Crippen molar-refractivity contribution < 1.29 is 4.74 Å². The van der Waals surface area contributed by atoms with Crippen molar-refractivity contribution in [1.82, 2.24) is 34.4 Å². The molecule has 0 bridgehead atoms. The number of benzene rings is 1. The van der Waals surface area contributed by atoms with Crippen LogP contribution in [0.5, 0.6) is 5.88 Å². The van der Waals surface area contributed by atoms with E-state index in [2.05, 4.69) is 78.2 Å². The molecule has 1 atom stereocenters. The van der Waals surface area contributed by atoms with Crippen LogP contribution in [0.2, 0.25) is 0 Å². The Labute approximate surface area is 229 Å². The van der Waals surface area contributed by atoms with Crippen LogP contribution in [-0.2, 0) is 7.05 Å². The number of hydrogen-bond acceptors (Lipinski definition) is 10. The summed E-state index contributed by atoms with van der Waals surface area (Å²) < 4.78 is 7.42. The first-order chi connectivity index (χ1) is 19.0. The Kier molecular flexibility index (Phi) is 6.90. The van der Waals surface area contributed by atoms with Crippen LogP contribution in [0.1, 0.15) is 24.4 Å². The number of aryl methyl sites for hydroxylation is 2. The van der Waals surface area contributed by atoms with Gasteiger partial charge in [-0.1, -0.05) is 13.0 Å². The molecule has 4 aromatic rings. The molecule has 0 N–H and O–H groups in total. The smallest absolute Gasteiger partial charge is 0.228 e. The predicted octanol–water partition coefficient (Wildman–Crippen LogP) is 2.68. The zero-order chi connectivity index (χ0) is 26.9. The molecule has 3 aromatic heterocycles. The van der Waals surface area contributed by atoms with Crippen molar-refractivity contribution in [2.45, 2.75) is 19.9 Å². The van der Waals surface area contributed by atoms with Crippen LogP contribution in [0.15, 0.2) is 42.9 Å². The van der Waals surface area contributed by atoms with Gasteiger partial charge in [-0.15, -0.1) is 0 Å². The SMILES string of the molecule is CCN1CCN(c2nc(N3CCN(c4nccc(OC)n4)CC3)c3ccc(C)cc3n2)CC1c1nccn1C. The van der Waals surface area contributed by atoms with Gasteiger partial charge in [0.2, 0.25) is 17.8 Å². The fraction of sp³-hybridized carbons (Fsp3) is 0.464. The normalized spacial score (nSPS) is 18.7. The van der Waals surface area contributed by atoms with E-state index in [0.29, 0.717) is 11.8 Å².